The summed E-state index contributed by atoms with van der Waals surface area (Å²) in [4.78, 5) is 14.7. The quantitative estimate of drug-likeness (QED) is 0.566. The van der Waals surface area contributed by atoms with Crippen LogP contribution < -0.4 is 5.48 Å². The van der Waals surface area contributed by atoms with E-state index < -0.39 is 12.1 Å². The van der Waals surface area contributed by atoms with E-state index in [0.717, 1.165) is 0 Å². The van der Waals surface area contributed by atoms with Gasteiger partial charge in [0.25, 0.3) is 0 Å². The molecule has 0 saturated heterocycles. The first kappa shape index (κ1) is 8.97. The van der Waals surface area contributed by atoms with Crippen molar-refractivity contribution in [2.75, 3.05) is 0 Å². The molecule has 0 heterocycles. The molecule has 0 aromatic rings. The lowest BCUT2D eigenvalue weighted by molar-refractivity contribution is -0.152. The molecular weight excluding hydrogens is 134 g/mol. The molecule has 2 N–H and O–H groups in total. The average Bonchev–Trinajstić information content (AvgIpc) is 1.82. The van der Waals surface area contributed by atoms with Crippen molar-refractivity contribution >= 4 is 5.97 Å². The summed E-state index contributed by atoms with van der Waals surface area (Å²) < 4.78 is 0. The summed E-state index contributed by atoms with van der Waals surface area (Å²) in [5.41, 5.74) is 2.93. The van der Waals surface area contributed by atoms with Gasteiger partial charge in [-0.3, -0.25) is 10.3 Å². The second kappa shape index (κ2) is 3.90. The number of hydrogen-bond acceptors (Lipinski definition) is 3. The third kappa shape index (κ3) is 3.91. The molecule has 0 aliphatic heterocycles. The monoisotopic (exact) mass is 145 g/mol. The van der Waals surface area contributed by atoms with Gasteiger partial charge in [-0.15, -0.1) is 0 Å². The van der Waals surface area contributed by atoms with Gasteiger partial charge in [0.1, 0.15) is 0 Å². The number of carboxylic acid groups (broad SMARTS) is 1. The molecule has 0 aromatic carbocycles. The molecule has 0 spiro atoms. The normalized spacial score (nSPS) is 12.2. The fraction of sp³-hybridized carbons (Fsp3) is 0.500. The molecule has 0 aromatic heterocycles. The van der Waals surface area contributed by atoms with Crippen molar-refractivity contribution in [3.05, 3.63) is 12.3 Å². The molecule has 0 bridgehead atoms. The van der Waals surface area contributed by atoms with Gasteiger partial charge in [-0.25, -0.2) is 4.79 Å². The van der Waals surface area contributed by atoms with Crippen LogP contribution in [0, 0.1) is 0 Å². The summed E-state index contributed by atoms with van der Waals surface area (Å²) in [5.74, 6) is -1.01. The summed E-state index contributed by atoms with van der Waals surface area (Å²) in [6.45, 7) is 6.56. The van der Waals surface area contributed by atoms with Crippen LogP contribution in [0.5, 0.6) is 0 Å². The van der Waals surface area contributed by atoms with Gasteiger partial charge in [0, 0.05) is 5.70 Å². The zero-order valence-electron chi connectivity index (χ0n) is 6.05. The first-order chi connectivity index (χ1) is 4.54. The maximum absolute atomic E-state index is 10.1. The molecule has 4 heteroatoms. The number of carbonyl (C=O) groups is 1. The van der Waals surface area contributed by atoms with Crippen LogP contribution >= 0.6 is 0 Å². The van der Waals surface area contributed by atoms with Gasteiger partial charge in [0.15, 0.2) is 6.10 Å². The highest BCUT2D eigenvalue weighted by Crippen LogP contribution is 1.88. The summed E-state index contributed by atoms with van der Waals surface area (Å²) in [5, 5.41) is 8.30. The van der Waals surface area contributed by atoms with E-state index in [-0.39, 0.29) is 0 Å². The van der Waals surface area contributed by atoms with Crippen LogP contribution in [0.25, 0.3) is 0 Å². The Morgan fingerprint density at radius 1 is 1.80 bits per heavy atom. The molecule has 0 aliphatic carbocycles. The smallest absolute Gasteiger partial charge is 0.335 e. The van der Waals surface area contributed by atoms with Crippen molar-refractivity contribution in [3.63, 3.8) is 0 Å². The highest BCUT2D eigenvalue weighted by molar-refractivity contribution is 5.71. The molecule has 58 valence electrons. The van der Waals surface area contributed by atoms with Gasteiger partial charge in [-0.2, -0.15) is 0 Å². The van der Waals surface area contributed by atoms with Crippen LogP contribution in [0.2, 0.25) is 0 Å². The minimum absolute atomic E-state index is 0.577. The zero-order valence-corrected chi connectivity index (χ0v) is 6.05. The number of aliphatic carboxylic acids is 1. The van der Waals surface area contributed by atoms with Crippen molar-refractivity contribution in [3.8, 4) is 0 Å². The summed E-state index contributed by atoms with van der Waals surface area (Å²) in [6.07, 6.45) is -0.850. The predicted molar refractivity (Wildman–Crippen MR) is 36.1 cm³/mol. The Morgan fingerprint density at radius 3 is 2.60 bits per heavy atom. The van der Waals surface area contributed by atoms with Crippen LogP contribution in [-0.2, 0) is 9.63 Å². The molecule has 0 aliphatic rings. The van der Waals surface area contributed by atoms with Gasteiger partial charge >= 0.3 is 5.97 Å². The van der Waals surface area contributed by atoms with Gasteiger partial charge in [-0.05, 0) is 13.8 Å². The average molecular weight is 145 g/mol. The number of hydroxylamine groups is 1. The van der Waals surface area contributed by atoms with Crippen molar-refractivity contribution in [1.82, 2.24) is 5.48 Å². The van der Waals surface area contributed by atoms with E-state index >= 15 is 0 Å². The molecule has 0 saturated carbocycles. The van der Waals surface area contributed by atoms with Crippen molar-refractivity contribution in [2.24, 2.45) is 0 Å². The summed E-state index contributed by atoms with van der Waals surface area (Å²) >= 11 is 0. The Bertz CT molecular complexity index is 144. The number of allylic oxidation sites excluding steroid dienone is 1. The third-order valence-electron chi connectivity index (χ3n) is 0.758. The fourth-order valence-corrected chi connectivity index (χ4v) is 0.239. The Labute approximate surface area is 59.4 Å². The fourth-order valence-electron chi connectivity index (χ4n) is 0.239. The van der Waals surface area contributed by atoms with E-state index in [4.69, 9.17) is 5.11 Å². The molecule has 0 amide bonds. The van der Waals surface area contributed by atoms with Crippen LogP contribution in [0.4, 0.5) is 0 Å². The highest BCUT2D eigenvalue weighted by atomic mass is 16.7. The maximum atomic E-state index is 10.1. The van der Waals surface area contributed by atoms with Gasteiger partial charge in [0.05, 0.1) is 0 Å². The Kier molecular flexibility index (Phi) is 3.49. The lowest BCUT2D eigenvalue weighted by Crippen LogP contribution is -2.26. The van der Waals surface area contributed by atoms with E-state index in [2.05, 4.69) is 16.9 Å². The first-order valence-corrected chi connectivity index (χ1v) is 2.84. The van der Waals surface area contributed by atoms with Crippen LogP contribution in [0.1, 0.15) is 13.8 Å². The van der Waals surface area contributed by atoms with Crippen LogP contribution in [0.15, 0.2) is 12.3 Å². The molecule has 0 fully saturated rings. The van der Waals surface area contributed by atoms with E-state index in [0.29, 0.717) is 5.70 Å². The second-order valence-corrected chi connectivity index (χ2v) is 1.98. The maximum Gasteiger partial charge on any atom is 0.335 e. The predicted octanol–water partition coefficient (Wildman–Crippen LogP) is 0.514. The zero-order chi connectivity index (χ0) is 8.15. The molecule has 4 nitrogen and oxygen atoms in total. The molecule has 0 radical (unpaired) electrons. The Morgan fingerprint density at radius 2 is 2.30 bits per heavy atom. The molecule has 0 unspecified atom stereocenters. The standard InChI is InChI=1S/C6H11NO3/c1-4(2)7-10-5(3)6(8)9/h5,7H,1H2,2-3H3,(H,8,9)/t5-/m0/s1. The van der Waals surface area contributed by atoms with Gasteiger partial charge in [-0.1, -0.05) is 6.58 Å². The largest absolute Gasteiger partial charge is 0.479 e. The van der Waals surface area contributed by atoms with E-state index in [1.807, 2.05) is 0 Å². The lowest BCUT2D eigenvalue weighted by atomic mass is 10.4. The van der Waals surface area contributed by atoms with E-state index in [9.17, 15) is 4.79 Å². The number of hydrogen-bond donors (Lipinski definition) is 2. The first-order valence-electron chi connectivity index (χ1n) is 2.84. The van der Waals surface area contributed by atoms with Crippen LogP contribution in [-0.4, -0.2) is 17.2 Å². The Balaban J connectivity index is 3.49. The summed E-state index contributed by atoms with van der Waals surface area (Å²) in [7, 11) is 0. The molecule has 1 atom stereocenters. The molecular formula is C6H11NO3. The van der Waals surface area contributed by atoms with Crippen LogP contribution in [0.3, 0.4) is 0 Å². The van der Waals surface area contributed by atoms with E-state index in [1.54, 1.807) is 6.92 Å². The number of carboxylic acids is 1. The van der Waals surface area contributed by atoms with Gasteiger partial charge < -0.3 is 5.11 Å². The summed E-state index contributed by atoms with van der Waals surface area (Å²) in [6, 6.07) is 0. The van der Waals surface area contributed by atoms with Crippen molar-refractivity contribution in [1.29, 1.82) is 0 Å². The highest BCUT2D eigenvalue weighted by Gasteiger charge is 2.10. The number of nitrogens with one attached hydrogen (secondary N) is 1. The topological polar surface area (TPSA) is 58.6 Å². The minimum atomic E-state index is -1.01. The minimum Gasteiger partial charge on any atom is -0.479 e. The van der Waals surface area contributed by atoms with Crippen molar-refractivity contribution < 1.29 is 14.7 Å². The SMILES string of the molecule is C=C(C)NO[C@@H](C)C(=O)O. The van der Waals surface area contributed by atoms with E-state index in [1.165, 1.54) is 6.92 Å². The number of rotatable bonds is 4. The lowest BCUT2D eigenvalue weighted by Gasteiger charge is -2.08. The second-order valence-electron chi connectivity index (χ2n) is 1.98. The third-order valence-corrected chi connectivity index (χ3v) is 0.758. The van der Waals surface area contributed by atoms with Crippen molar-refractivity contribution in [2.45, 2.75) is 20.0 Å². The molecule has 0 rings (SSSR count). The van der Waals surface area contributed by atoms with Gasteiger partial charge in [0.2, 0.25) is 0 Å². The molecule has 10 heavy (non-hydrogen) atoms. The Hall–Kier alpha value is -1.03.